The van der Waals surface area contributed by atoms with Gasteiger partial charge in [-0.05, 0) is 18.6 Å². The normalized spacial score (nSPS) is 18.2. The van der Waals surface area contributed by atoms with Gasteiger partial charge < -0.3 is 25.3 Å². The quantitative estimate of drug-likeness (QED) is 0.499. The van der Waals surface area contributed by atoms with Gasteiger partial charge in [-0.3, -0.25) is 4.79 Å². The van der Waals surface area contributed by atoms with Gasteiger partial charge in [0.2, 0.25) is 11.8 Å². The van der Waals surface area contributed by atoms with Crippen molar-refractivity contribution >= 4 is 29.3 Å². The number of hydrogen-bond donors (Lipinski definition) is 2. The number of nitrogens with two attached hydrogens (primary N) is 1. The van der Waals surface area contributed by atoms with E-state index in [1.165, 1.54) is 0 Å². The first-order chi connectivity index (χ1) is 18.0. The second kappa shape index (κ2) is 9.66. The Bertz CT molecular complexity index is 1450. The smallest absolute Gasteiger partial charge is 0.341 e. The molecule has 0 aromatic heterocycles. The van der Waals surface area contributed by atoms with Crippen LogP contribution in [0.1, 0.15) is 23.6 Å². The molecule has 8 nitrogen and oxygen atoms in total. The Morgan fingerprint density at radius 1 is 0.865 bits per heavy atom. The third-order valence-electron chi connectivity index (χ3n) is 6.29. The zero-order valence-electron chi connectivity index (χ0n) is 20.0. The van der Waals surface area contributed by atoms with E-state index < -0.39 is 23.3 Å². The van der Waals surface area contributed by atoms with Crippen LogP contribution in [0.4, 0.5) is 5.69 Å². The lowest BCUT2D eigenvalue weighted by Gasteiger charge is -2.36. The zero-order chi connectivity index (χ0) is 26.0. The lowest BCUT2D eigenvalue weighted by molar-refractivity contribution is -0.143. The van der Waals surface area contributed by atoms with E-state index in [1.54, 1.807) is 73.7 Å². The van der Waals surface area contributed by atoms with Crippen molar-refractivity contribution in [1.82, 2.24) is 0 Å². The molecule has 3 aromatic rings. The van der Waals surface area contributed by atoms with Crippen LogP contribution < -0.4 is 11.1 Å². The molecule has 8 heteroatoms. The Hall–Kier alpha value is -4.85. The third-order valence-corrected chi connectivity index (χ3v) is 6.29. The maximum atomic E-state index is 13.9. The monoisotopic (exact) mass is 496 g/mol. The van der Waals surface area contributed by atoms with E-state index in [9.17, 15) is 14.4 Å². The number of fused-ring (bicyclic) bond motifs is 2. The average molecular weight is 497 g/mol. The summed E-state index contributed by atoms with van der Waals surface area (Å²) in [5, 5.41) is 2.80. The Morgan fingerprint density at radius 3 is 2.19 bits per heavy atom. The molecule has 0 bridgehead atoms. The highest BCUT2D eigenvalue weighted by atomic mass is 16.5. The summed E-state index contributed by atoms with van der Waals surface area (Å²) < 4.78 is 17.0. The number of carbonyl (C=O) groups excluding carboxylic acids is 3. The minimum absolute atomic E-state index is 0.0306. The van der Waals surface area contributed by atoms with Crippen LogP contribution in [0.5, 0.6) is 0 Å². The molecule has 0 radical (unpaired) electrons. The van der Waals surface area contributed by atoms with Gasteiger partial charge in [-0.25, -0.2) is 9.59 Å². The van der Waals surface area contributed by atoms with E-state index in [1.807, 2.05) is 18.2 Å². The Labute approximate surface area is 213 Å². The molecule has 3 N–H and O–H groups in total. The minimum atomic E-state index is -1.95. The van der Waals surface area contributed by atoms with Crippen LogP contribution in [0.2, 0.25) is 0 Å². The first-order valence-electron chi connectivity index (χ1n) is 11.8. The lowest BCUT2D eigenvalue weighted by Crippen LogP contribution is -2.48. The van der Waals surface area contributed by atoms with Crippen LogP contribution in [0.3, 0.4) is 0 Å². The van der Waals surface area contributed by atoms with Gasteiger partial charge in [-0.1, -0.05) is 78.9 Å². The number of nitrogens with one attached hydrogen (secondary N) is 1. The van der Waals surface area contributed by atoms with E-state index in [0.717, 1.165) is 5.56 Å². The third kappa shape index (κ3) is 3.92. The van der Waals surface area contributed by atoms with Gasteiger partial charge in [0.15, 0.2) is 0 Å². The average Bonchev–Trinajstić information content (AvgIpc) is 3.20. The zero-order valence-corrected chi connectivity index (χ0v) is 20.0. The van der Waals surface area contributed by atoms with E-state index in [2.05, 4.69) is 5.32 Å². The first kappa shape index (κ1) is 23.9. The van der Waals surface area contributed by atoms with Gasteiger partial charge in [0.25, 0.3) is 0 Å². The topological polar surface area (TPSA) is 117 Å². The van der Waals surface area contributed by atoms with Crippen molar-refractivity contribution < 1.29 is 28.6 Å². The fourth-order valence-corrected chi connectivity index (χ4v) is 4.74. The molecule has 3 aromatic carbocycles. The summed E-state index contributed by atoms with van der Waals surface area (Å²) in [6.45, 7) is 1.62. The Kier molecular flexibility index (Phi) is 6.23. The number of hydrogen-bond acceptors (Lipinski definition) is 7. The van der Waals surface area contributed by atoms with Crippen molar-refractivity contribution in [3.05, 3.63) is 119 Å². The van der Waals surface area contributed by atoms with E-state index in [-0.39, 0.29) is 36.0 Å². The fraction of sp³-hybridized carbons (Fsp3) is 0.138. The molecule has 37 heavy (non-hydrogen) atoms. The van der Waals surface area contributed by atoms with Gasteiger partial charge in [0.1, 0.15) is 28.9 Å². The number of ether oxygens (including phenoxy) is 3. The molecule has 2 aliphatic rings. The van der Waals surface area contributed by atoms with Crippen molar-refractivity contribution in [3.8, 4) is 0 Å². The van der Waals surface area contributed by atoms with E-state index in [0.29, 0.717) is 16.8 Å². The summed E-state index contributed by atoms with van der Waals surface area (Å²) in [6, 6.07) is 24.6. The fourth-order valence-electron chi connectivity index (χ4n) is 4.74. The van der Waals surface area contributed by atoms with Crippen LogP contribution in [-0.4, -0.2) is 24.5 Å². The number of para-hydroxylation sites is 1. The summed E-state index contributed by atoms with van der Waals surface area (Å²) in [5.74, 6) is -2.64. The van der Waals surface area contributed by atoms with Gasteiger partial charge in [0.05, 0.1) is 6.61 Å². The van der Waals surface area contributed by atoms with Crippen LogP contribution in [0.15, 0.2) is 102 Å². The Morgan fingerprint density at radius 2 is 1.49 bits per heavy atom. The molecule has 1 atom stereocenters. The molecule has 1 amide bonds. The molecular formula is C29H24N2O6. The van der Waals surface area contributed by atoms with Crippen LogP contribution in [0.25, 0.3) is 5.76 Å². The second-order valence-corrected chi connectivity index (χ2v) is 8.44. The number of benzene rings is 3. The molecule has 2 aliphatic heterocycles. The highest BCUT2D eigenvalue weighted by molar-refractivity contribution is 6.23. The SMILES string of the molecule is CCOC(=O)C1=C(c2ccccc2)OC(N)=C(C(=O)OCc2ccccc2)C12C(=O)Nc1ccccc12. The number of amides is 1. The molecule has 1 spiro atoms. The predicted octanol–water partition coefficient (Wildman–Crippen LogP) is 3.79. The van der Waals surface area contributed by atoms with E-state index >= 15 is 0 Å². The summed E-state index contributed by atoms with van der Waals surface area (Å²) in [4.78, 5) is 41.2. The maximum Gasteiger partial charge on any atom is 0.341 e. The van der Waals surface area contributed by atoms with Crippen molar-refractivity contribution in [2.45, 2.75) is 18.9 Å². The molecular weight excluding hydrogens is 472 g/mol. The first-order valence-corrected chi connectivity index (χ1v) is 11.8. The maximum absolute atomic E-state index is 13.9. The summed E-state index contributed by atoms with van der Waals surface area (Å²) in [6.07, 6.45) is 0. The number of carbonyl (C=O) groups is 3. The highest BCUT2D eigenvalue weighted by Crippen LogP contribution is 2.54. The molecule has 1 unspecified atom stereocenters. The van der Waals surface area contributed by atoms with E-state index in [4.69, 9.17) is 19.9 Å². The molecule has 0 fully saturated rings. The molecule has 0 saturated heterocycles. The molecule has 5 rings (SSSR count). The second-order valence-electron chi connectivity index (χ2n) is 8.44. The molecule has 0 saturated carbocycles. The van der Waals surface area contributed by atoms with Crippen molar-refractivity contribution in [1.29, 1.82) is 0 Å². The largest absolute Gasteiger partial charge is 0.462 e. The molecule has 186 valence electrons. The Balaban J connectivity index is 1.74. The number of anilines is 1. The highest BCUT2D eigenvalue weighted by Gasteiger charge is 2.62. The number of rotatable bonds is 6. The van der Waals surface area contributed by atoms with Gasteiger partial charge in [-0.15, -0.1) is 0 Å². The van der Waals surface area contributed by atoms with Gasteiger partial charge in [-0.2, -0.15) is 0 Å². The molecule has 0 aliphatic carbocycles. The minimum Gasteiger partial charge on any atom is -0.462 e. The lowest BCUT2D eigenvalue weighted by atomic mass is 9.67. The number of esters is 2. The van der Waals surface area contributed by atoms with Crippen LogP contribution >= 0.6 is 0 Å². The summed E-state index contributed by atoms with van der Waals surface area (Å²) in [7, 11) is 0. The van der Waals surface area contributed by atoms with Crippen LogP contribution in [-0.2, 0) is 40.6 Å². The van der Waals surface area contributed by atoms with Gasteiger partial charge in [0, 0.05) is 16.8 Å². The van der Waals surface area contributed by atoms with Crippen molar-refractivity contribution in [2.75, 3.05) is 11.9 Å². The van der Waals surface area contributed by atoms with Crippen LogP contribution in [0, 0.1) is 0 Å². The summed E-state index contributed by atoms with van der Waals surface area (Å²) in [5.41, 5.74) is 6.02. The van der Waals surface area contributed by atoms with Crippen molar-refractivity contribution in [2.24, 2.45) is 5.73 Å². The van der Waals surface area contributed by atoms with Gasteiger partial charge >= 0.3 is 11.9 Å². The predicted molar refractivity (Wildman–Crippen MR) is 135 cm³/mol. The summed E-state index contributed by atoms with van der Waals surface area (Å²) >= 11 is 0. The van der Waals surface area contributed by atoms with Crippen molar-refractivity contribution in [3.63, 3.8) is 0 Å². The molecule has 2 heterocycles. The standard InChI is InChI=1S/C29H24N2O6/c1-2-35-26(32)22-24(19-13-7-4-8-14-19)37-25(30)23(27(33)36-17-18-11-5-3-6-12-18)29(22)20-15-9-10-16-21(20)31-28(29)34/h3-16H,2,17,30H2,1H3,(H,31,34).